The van der Waals surface area contributed by atoms with E-state index >= 15 is 0 Å². The minimum atomic E-state index is 0.0819. The SMILES string of the molecule is Cc1ccccc1N(C)C1(CN)CSCC(C)(C)C1. The van der Waals surface area contributed by atoms with Crippen LogP contribution < -0.4 is 10.6 Å². The fourth-order valence-electron chi connectivity index (χ4n) is 3.19. The molecule has 0 saturated carbocycles. The van der Waals surface area contributed by atoms with Gasteiger partial charge in [0.2, 0.25) is 0 Å². The maximum absolute atomic E-state index is 6.19. The smallest absolute Gasteiger partial charge is 0.0616 e. The second-order valence-corrected chi connectivity index (χ2v) is 7.59. The molecule has 106 valence electrons. The molecule has 1 unspecified atom stereocenters. The monoisotopic (exact) mass is 278 g/mol. The van der Waals surface area contributed by atoms with Crippen LogP contribution in [0.2, 0.25) is 0 Å². The molecule has 2 nitrogen and oxygen atoms in total. The van der Waals surface area contributed by atoms with E-state index in [9.17, 15) is 0 Å². The van der Waals surface area contributed by atoms with Gasteiger partial charge in [-0.25, -0.2) is 0 Å². The second-order valence-electron chi connectivity index (χ2n) is 6.61. The zero-order valence-electron chi connectivity index (χ0n) is 12.6. The van der Waals surface area contributed by atoms with Crippen LogP contribution in [-0.2, 0) is 0 Å². The van der Waals surface area contributed by atoms with Gasteiger partial charge in [-0.3, -0.25) is 0 Å². The van der Waals surface area contributed by atoms with Crippen LogP contribution in [-0.4, -0.2) is 30.6 Å². The van der Waals surface area contributed by atoms with Crippen molar-refractivity contribution in [2.24, 2.45) is 11.1 Å². The Labute approximate surface area is 121 Å². The van der Waals surface area contributed by atoms with E-state index < -0.39 is 0 Å². The highest BCUT2D eigenvalue weighted by Crippen LogP contribution is 2.43. The lowest BCUT2D eigenvalue weighted by atomic mass is 9.78. The molecule has 19 heavy (non-hydrogen) atoms. The van der Waals surface area contributed by atoms with Crippen molar-refractivity contribution in [2.45, 2.75) is 32.7 Å². The maximum Gasteiger partial charge on any atom is 0.0616 e. The molecule has 1 fully saturated rings. The van der Waals surface area contributed by atoms with E-state index in [0.717, 1.165) is 12.2 Å². The Kier molecular flexibility index (Phi) is 4.17. The zero-order valence-corrected chi connectivity index (χ0v) is 13.4. The van der Waals surface area contributed by atoms with Gasteiger partial charge in [-0.2, -0.15) is 11.8 Å². The van der Waals surface area contributed by atoms with Gasteiger partial charge in [0.25, 0.3) is 0 Å². The van der Waals surface area contributed by atoms with Crippen LogP contribution in [0.25, 0.3) is 0 Å². The molecule has 1 aromatic rings. The van der Waals surface area contributed by atoms with Gasteiger partial charge in [-0.1, -0.05) is 32.0 Å². The van der Waals surface area contributed by atoms with Crippen molar-refractivity contribution < 1.29 is 0 Å². The third-order valence-electron chi connectivity index (χ3n) is 4.24. The Morgan fingerprint density at radius 3 is 2.53 bits per heavy atom. The molecule has 0 bridgehead atoms. The zero-order chi connectivity index (χ0) is 14.1. The number of likely N-dealkylation sites (N-methyl/N-ethyl adjacent to an activating group) is 1. The van der Waals surface area contributed by atoms with Crippen LogP contribution in [0, 0.1) is 12.3 Å². The minimum Gasteiger partial charge on any atom is -0.367 e. The van der Waals surface area contributed by atoms with Crippen molar-refractivity contribution >= 4 is 17.4 Å². The van der Waals surface area contributed by atoms with Gasteiger partial charge < -0.3 is 10.6 Å². The lowest BCUT2D eigenvalue weighted by Gasteiger charge is -2.50. The summed E-state index contributed by atoms with van der Waals surface area (Å²) in [5.41, 5.74) is 9.27. The third kappa shape index (κ3) is 2.92. The van der Waals surface area contributed by atoms with Gasteiger partial charge in [-0.15, -0.1) is 0 Å². The molecule has 1 aromatic carbocycles. The Balaban J connectivity index is 2.33. The number of para-hydroxylation sites is 1. The predicted octanol–water partition coefficient (Wildman–Crippen LogP) is 3.29. The van der Waals surface area contributed by atoms with Crippen molar-refractivity contribution in [1.82, 2.24) is 0 Å². The van der Waals surface area contributed by atoms with Crippen LogP contribution in [0.3, 0.4) is 0 Å². The number of thioether (sulfide) groups is 1. The van der Waals surface area contributed by atoms with Crippen LogP contribution in [0.15, 0.2) is 24.3 Å². The first-order valence-electron chi connectivity index (χ1n) is 6.98. The summed E-state index contributed by atoms with van der Waals surface area (Å²) in [5.74, 6) is 2.36. The fourth-order valence-corrected chi connectivity index (χ4v) is 4.74. The Morgan fingerprint density at radius 2 is 1.95 bits per heavy atom. The fraction of sp³-hybridized carbons (Fsp3) is 0.625. The van der Waals surface area contributed by atoms with E-state index in [4.69, 9.17) is 5.73 Å². The molecule has 0 spiro atoms. The van der Waals surface area contributed by atoms with Gasteiger partial charge in [0.15, 0.2) is 0 Å². The number of anilines is 1. The molecule has 2 rings (SSSR count). The van der Waals surface area contributed by atoms with Gasteiger partial charge in [0.1, 0.15) is 0 Å². The number of hydrogen-bond donors (Lipinski definition) is 1. The summed E-state index contributed by atoms with van der Waals surface area (Å²) >= 11 is 2.04. The van der Waals surface area contributed by atoms with Crippen LogP contribution in [0.1, 0.15) is 25.8 Å². The van der Waals surface area contributed by atoms with E-state index in [2.05, 4.69) is 57.0 Å². The highest BCUT2D eigenvalue weighted by Gasteiger charge is 2.42. The minimum absolute atomic E-state index is 0.0819. The lowest BCUT2D eigenvalue weighted by Crippen LogP contribution is -2.59. The van der Waals surface area contributed by atoms with Crippen molar-refractivity contribution in [3.63, 3.8) is 0 Å². The van der Waals surface area contributed by atoms with Gasteiger partial charge in [-0.05, 0) is 36.1 Å². The molecule has 2 N–H and O–H groups in total. The molecular weight excluding hydrogens is 252 g/mol. The van der Waals surface area contributed by atoms with Crippen LogP contribution >= 0.6 is 11.8 Å². The van der Waals surface area contributed by atoms with E-state index in [1.807, 2.05) is 11.8 Å². The molecule has 0 aromatic heterocycles. The number of aryl methyl sites for hydroxylation is 1. The van der Waals surface area contributed by atoms with Gasteiger partial charge in [0.05, 0.1) is 5.54 Å². The number of nitrogens with two attached hydrogens (primary N) is 1. The summed E-state index contributed by atoms with van der Waals surface area (Å²) in [7, 11) is 2.21. The highest BCUT2D eigenvalue weighted by atomic mass is 32.2. The van der Waals surface area contributed by atoms with Crippen molar-refractivity contribution in [1.29, 1.82) is 0 Å². The summed E-state index contributed by atoms with van der Waals surface area (Å²) < 4.78 is 0. The molecule has 3 heteroatoms. The number of nitrogens with zero attached hydrogens (tertiary/aromatic N) is 1. The van der Waals surface area contributed by atoms with Crippen molar-refractivity contribution in [3.05, 3.63) is 29.8 Å². The van der Waals surface area contributed by atoms with E-state index in [-0.39, 0.29) is 5.54 Å². The van der Waals surface area contributed by atoms with Gasteiger partial charge in [0, 0.05) is 25.0 Å². The van der Waals surface area contributed by atoms with E-state index in [1.54, 1.807) is 0 Å². The summed E-state index contributed by atoms with van der Waals surface area (Å²) in [4.78, 5) is 2.43. The van der Waals surface area contributed by atoms with Crippen LogP contribution in [0.4, 0.5) is 5.69 Å². The Morgan fingerprint density at radius 1 is 1.26 bits per heavy atom. The molecule has 1 saturated heterocycles. The van der Waals surface area contributed by atoms with E-state index in [0.29, 0.717) is 12.0 Å². The summed E-state index contributed by atoms with van der Waals surface area (Å²) in [6.45, 7) is 7.61. The standard InChI is InChI=1S/C16H26N2S/c1-13-7-5-6-8-14(13)18(4)16(10-17)9-15(2,3)11-19-12-16/h5-8H,9-12,17H2,1-4H3. The average Bonchev–Trinajstić information content (AvgIpc) is 2.37. The Hall–Kier alpha value is -0.670. The lowest BCUT2D eigenvalue weighted by molar-refractivity contribution is 0.265. The third-order valence-corrected chi connectivity index (χ3v) is 5.97. The molecular formula is C16H26N2S. The molecule has 1 atom stereocenters. The summed E-state index contributed by atoms with van der Waals surface area (Å²) in [5, 5.41) is 0. The van der Waals surface area contributed by atoms with Crippen molar-refractivity contribution in [3.8, 4) is 0 Å². The number of hydrogen-bond acceptors (Lipinski definition) is 3. The first-order valence-corrected chi connectivity index (χ1v) is 8.13. The quantitative estimate of drug-likeness (QED) is 0.920. The van der Waals surface area contributed by atoms with Crippen LogP contribution in [0.5, 0.6) is 0 Å². The summed E-state index contributed by atoms with van der Waals surface area (Å²) in [6.07, 6.45) is 1.16. The predicted molar refractivity (Wildman–Crippen MR) is 87.1 cm³/mol. The molecule has 1 heterocycles. The molecule has 0 aliphatic carbocycles. The first kappa shape index (κ1) is 14.7. The molecule has 1 aliphatic rings. The topological polar surface area (TPSA) is 29.3 Å². The maximum atomic E-state index is 6.19. The van der Waals surface area contributed by atoms with E-state index in [1.165, 1.54) is 17.0 Å². The van der Waals surface area contributed by atoms with Crippen molar-refractivity contribution in [2.75, 3.05) is 30.0 Å². The number of rotatable bonds is 3. The molecule has 0 amide bonds. The highest BCUT2D eigenvalue weighted by molar-refractivity contribution is 7.99. The first-order chi connectivity index (χ1) is 8.90. The largest absolute Gasteiger partial charge is 0.367 e. The average molecular weight is 278 g/mol. The normalized spacial score (nSPS) is 26.2. The Bertz CT molecular complexity index is 444. The molecule has 0 radical (unpaired) electrons. The molecule has 1 aliphatic heterocycles. The summed E-state index contributed by atoms with van der Waals surface area (Å²) in [6, 6.07) is 8.60. The second kappa shape index (κ2) is 5.37. The van der Waals surface area contributed by atoms with Gasteiger partial charge >= 0.3 is 0 Å². The number of benzene rings is 1.